The number of rotatable bonds is 8. The predicted octanol–water partition coefficient (Wildman–Crippen LogP) is 4.65. The summed E-state index contributed by atoms with van der Waals surface area (Å²) < 4.78 is 5.26. The van der Waals surface area contributed by atoms with Gasteiger partial charge in [0.1, 0.15) is 0 Å². The zero-order valence-electron chi connectivity index (χ0n) is 16.5. The van der Waals surface area contributed by atoms with Crippen molar-refractivity contribution in [2.45, 2.75) is 25.8 Å². The van der Waals surface area contributed by atoms with Gasteiger partial charge in [0.05, 0.1) is 5.56 Å². The fourth-order valence-corrected chi connectivity index (χ4v) is 3.16. The summed E-state index contributed by atoms with van der Waals surface area (Å²) in [4.78, 5) is 24.7. The van der Waals surface area contributed by atoms with Crippen LogP contribution in [0.15, 0.2) is 84.9 Å². The lowest BCUT2D eigenvalue weighted by Crippen LogP contribution is -2.36. The van der Waals surface area contributed by atoms with E-state index in [0.717, 1.165) is 24.0 Å². The number of amides is 1. The van der Waals surface area contributed by atoms with E-state index in [0.29, 0.717) is 5.56 Å². The Kier molecular flexibility index (Phi) is 7.17. The number of esters is 1. The zero-order chi connectivity index (χ0) is 20.5. The van der Waals surface area contributed by atoms with Gasteiger partial charge in [-0.3, -0.25) is 4.79 Å². The van der Waals surface area contributed by atoms with Crippen molar-refractivity contribution in [3.8, 4) is 11.1 Å². The summed E-state index contributed by atoms with van der Waals surface area (Å²) in [5.74, 6) is -0.798. The summed E-state index contributed by atoms with van der Waals surface area (Å²) in [7, 11) is 0. The van der Waals surface area contributed by atoms with E-state index in [1.165, 1.54) is 5.56 Å². The molecular formula is C25H25NO3. The summed E-state index contributed by atoms with van der Waals surface area (Å²) in [6, 6.07) is 27.0. The van der Waals surface area contributed by atoms with Crippen LogP contribution in [0.3, 0.4) is 0 Å². The Balaban J connectivity index is 1.51. The lowest BCUT2D eigenvalue weighted by molar-refractivity contribution is -0.124. The Labute approximate surface area is 171 Å². The summed E-state index contributed by atoms with van der Waals surface area (Å²) in [6.45, 7) is 1.66. The van der Waals surface area contributed by atoms with Crippen LogP contribution in [0.1, 0.15) is 29.3 Å². The van der Waals surface area contributed by atoms with Crippen molar-refractivity contribution < 1.29 is 14.3 Å². The SMILES string of the molecule is C[C@@H](CCc1ccccc1)NC(=O)COC(=O)c1ccccc1-c1ccccc1. The lowest BCUT2D eigenvalue weighted by atomic mass is 10.00. The third kappa shape index (κ3) is 6.04. The van der Waals surface area contributed by atoms with Gasteiger partial charge in [-0.15, -0.1) is 0 Å². The number of hydrogen-bond acceptors (Lipinski definition) is 3. The molecule has 0 saturated heterocycles. The second kappa shape index (κ2) is 10.2. The van der Waals surface area contributed by atoms with Crippen molar-refractivity contribution in [1.82, 2.24) is 5.32 Å². The van der Waals surface area contributed by atoms with Gasteiger partial charge in [0.25, 0.3) is 5.91 Å². The fourth-order valence-electron chi connectivity index (χ4n) is 3.16. The van der Waals surface area contributed by atoms with Gasteiger partial charge in [-0.25, -0.2) is 4.79 Å². The van der Waals surface area contributed by atoms with Crippen molar-refractivity contribution in [2.75, 3.05) is 6.61 Å². The molecule has 0 aliphatic heterocycles. The summed E-state index contributed by atoms with van der Waals surface area (Å²) >= 11 is 0. The monoisotopic (exact) mass is 387 g/mol. The van der Waals surface area contributed by atoms with E-state index in [-0.39, 0.29) is 18.6 Å². The molecule has 1 amide bonds. The number of benzene rings is 3. The molecule has 0 aromatic heterocycles. The molecule has 0 saturated carbocycles. The highest BCUT2D eigenvalue weighted by Gasteiger charge is 2.16. The van der Waals surface area contributed by atoms with E-state index >= 15 is 0 Å². The third-order valence-corrected chi connectivity index (χ3v) is 4.68. The van der Waals surface area contributed by atoms with Crippen LogP contribution in [0.25, 0.3) is 11.1 Å². The molecule has 0 bridgehead atoms. The van der Waals surface area contributed by atoms with Crippen LogP contribution in [0.5, 0.6) is 0 Å². The van der Waals surface area contributed by atoms with Crippen LogP contribution in [-0.4, -0.2) is 24.5 Å². The normalized spacial score (nSPS) is 11.5. The van der Waals surface area contributed by atoms with Crippen molar-refractivity contribution in [3.05, 3.63) is 96.1 Å². The Morgan fingerprint density at radius 2 is 1.48 bits per heavy atom. The minimum atomic E-state index is -0.503. The summed E-state index contributed by atoms with van der Waals surface area (Å²) in [5.41, 5.74) is 3.40. The topological polar surface area (TPSA) is 55.4 Å². The maximum atomic E-state index is 12.5. The predicted molar refractivity (Wildman–Crippen MR) is 115 cm³/mol. The third-order valence-electron chi connectivity index (χ3n) is 4.68. The van der Waals surface area contributed by atoms with Gasteiger partial charge in [0, 0.05) is 6.04 Å². The van der Waals surface area contributed by atoms with Crippen LogP contribution in [-0.2, 0) is 16.0 Å². The zero-order valence-corrected chi connectivity index (χ0v) is 16.5. The van der Waals surface area contributed by atoms with Gasteiger partial charge in [-0.1, -0.05) is 78.9 Å². The first-order chi connectivity index (χ1) is 14.1. The molecule has 4 heteroatoms. The molecule has 0 heterocycles. The number of hydrogen-bond donors (Lipinski definition) is 1. The molecule has 4 nitrogen and oxygen atoms in total. The Hall–Kier alpha value is -3.40. The van der Waals surface area contributed by atoms with E-state index in [1.54, 1.807) is 12.1 Å². The molecule has 3 rings (SSSR count). The number of nitrogens with one attached hydrogen (secondary N) is 1. The van der Waals surface area contributed by atoms with Gasteiger partial charge in [0.15, 0.2) is 6.61 Å². The molecular weight excluding hydrogens is 362 g/mol. The van der Waals surface area contributed by atoms with Crippen LogP contribution >= 0.6 is 0 Å². The van der Waals surface area contributed by atoms with Gasteiger partial charge in [-0.2, -0.15) is 0 Å². The number of aryl methyl sites for hydroxylation is 1. The van der Waals surface area contributed by atoms with Crippen molar-refractivity contribution >= 4 is 11.9 Å². The van der Waals surface area contributed by atoms with E-state index in [4.69, 9.17) is 4.74 Å². The van der Waals surface area contributed by atoms with E-state index in [2.05, 4.69) is 17.4 Å². The fraction of sp³-hybridized carbons (Fsp3) is 0.200. The minimum Gasteiger partial charge on any atom is -0.452 e. The maximum Gasteiger partial charge on any atom is 0.339 e. The molecule has 1 N–H and O–H groups in total. The number of carbonyl (C=O) groups is 2. The molecule has 0 radical (unpaired) electrons. The average molecular weight is 387 g/mol. The minimum absolute atomic E-state index is 0.00184. The van der Waals surface area contributed by atoms with Crippen molar-refractivity contribution in [1.29, 1.82) is 0 Å². The largest absolute Gasteiger partial charge is 0.452 e. The van der Waals surface area contributed by atoms with Crippen LogP contribution in [0.2, 0.25) is 0 Å². The van der Waals surface area contributed by atoms with Gasteiger partial charge >= 0.3 is 5.97 Å². The highest BCUT2D eigenvalue weighted by atomic mass is 16.5. The Bertz CT molecular complexity index is 939. The molecule has 0 fully saturated rings. The molecule has 0 unspecified atom stereocenters. The lowest BCUT2D eigenvalue weighted by Gasteiger charge is -2.14. The molecule has 0 aliphatic carbocycles. The number of ether oxygens (including phenoxy) is 1. The Morgan fingerprint density at radius 1 is 0.862 bits per heavy atom. The second-order valence-electron chi connectivity index (χ2n) is 6.98. The van der Waals surface area contributed by atoms with E-state index in [9.17, 15) is 9.59 Å². The van der Waals surface area contributed by atoms with Crippen molar-refractivity contribution in [3.63, 3.8) is 0 Å². The molecule has 0 spiro atoms. The first-order valence-electron chi connectivity index (χ1n) is 9.78. The highest BCUT2D eigenvalue weighted by Crippen LogP contribution is 2.23. The second-order valence-corrected chi connectivity index (χ2v) is 6.98. The first-order valence-corrected chi connectivity index (χ1v) is 9.78. The number of carbonyl (C=O) groups excluding carboxylic acids is 2. The smallest absolute Gasteiger partial charge is 0.339 e. The van der Waals surface area contributed by atoms with Gasteiger partial charge in [0.2, 0.25) is 0 Å². The average Bonchev–Trinajstić information content (AvgIpc) is 2.77. The molecule has 1 atom stereocenters. The van der Waals surface area contributed by atoms with Crippen LogP contribution < -0.4 is 5.32 Å². The van der Waals surface area contributed by atoms with Gasteiger partial charge in [-0.05, 0) is 42.5 Å². The first kappa shape index (κ1) is 20.3. The van der Waals surface area contributed by atoms with E-state index in [1.807, 2.05) is 67.6 Å². The summed E-state index contributed by atoms with van der Waals surface area (Å²) in [5, 5.41) is 2.89. The molecule has 0 aliphatic rings. The molecule has 29 heavy (non-hydrogen) atoms. The summed E-state index contributed by atoms with van der Waals surface area (Å²) in [6.07, 6.45) is 1.70. The molecule has 3 aromatic rings. The van der Waals surface area contributed by atoms with E-state index < -0.39 is 5.97 Å². The Morgan fingerprint density at radius 3 is 2.21 bits per heavy atom. The molecule has 148 valence electrons. The van der Waals surface area contributed by atoms with Crippen molar-refractivity contribution in [2.24, 2.45) is 0 Å². The molecule has 3 aromatic carbocycles. The quantitative estimate of drug-likeness (QED) is 0.573. The highest BCUT2D eigenvalue weighted by molar-refractivity contribution is 5.98. The van der Waals surface area contributed by atoms with Gasteiger partial charge < -0.3 is 10.1 Å². The standard InChI is InChI=1S/C25H25NO3/c1-19(16-17-20-10-4-2-5-11-20)26-24(27)18-29-25(28)23-15-9-8-14-22(23)21-12-6-3-7-13-21/h2-15,19H,16-18H2,1H3,(H,26,27)/t19-/m0/s1. The maximum absolute atomic E-state index is 12.5. The van der Waals surface area contributed by atoms with Crippen LogP contribution in [0, 0.1) is 0 Å². The van der Waals surface area contributed by atoms with Crippen LogP contribution in [0.4, 0.5) is 0 Å².